The first-order valence-electron chi connectivity index (χ1n) is 11.5. The van der Waals surface area contributed by atoms with Gasteiger partial charge in [-0.25, -0.2) is 18.4 Å². The van der Waals surface area contributed by atoms with E-state index in [0.29, 0.717) is 16.0 Å². The van der Waals surface area contributed by atoms with E-state index in [0.717, 1.165) is 12.5 Å². The third-order valence-corrected chi connectivity index (χ3v) is 7.04. The summed E-state index contributed by atoms with van der Waals surface area (Å²) in [6.07, 6.45) is 1.82. The molecule has 4 rings (SSSR count). The van der Waals surface area contributed by atoms with E-state index in [2.05, 4.69) is 9.97 Å². The van der Waals surface area contributed by atoms with E-state index >= 15 is 0 Å². The first-order valence-corrected chi connectivity index (χ1v) is 15.2. The molecular formula is C25H25N3O10S2. The number of methoxy groups -OCH3 is 2. The Morgan fingerprint density at radius 1 is 0.925 bits per heavy atom. The lowest BCUT2D eigenvalue weighted by Gasteiger charge is -2.16. The second-order valence-corrected chi connectivity index (χ2v) is 12.0. The molecule has 4 aromatic rings. The molecule has 0 fully saturated rings. The van der Waals surface area contributed by atoms with E-state index in [9.17, 15) is 26.7 Å². The average molecular weight is 592 g/mol. The highest BCUT2D eigenvalue weighted by Gasteiger charge is 2.23. The molecule has 212 valence electrons. The van der Waals surface area contributed by atoms with E-state index in [1.165, 1.54) is 56.7 Å². The van der Waals surface area contributed by atoms with Gasteiger partial charge in [-0.3, -0.25) is 9.08 Å². The molecule has 0 unspecified atom stereocenters. The number of aliphatic hydroxyl groups excluding tert-OH is 1. The van der Waals surface area contributed by atoms with Crippen LogP contribution in [0.1, 0.15) is 0 Å². The summed E-state index contributed by atoms with van der Waals surface area (Å²) in [5.41, 5.74) is -0.333. The molecule has 2 heterocycles. The summed E-state index contributed by atoms with van der Waals surface area (Å²) in [5, 5.41) is 9.20. The van der Waals surface area contributed by atoms with E-state index < -0.39 is 25.5 Å². The fraction of sp³-hybridized carbons (Fsp3) is 0.240. The Morgan fingerprint density at radius 2 is 1.68 bits per heavy atom. The molecule has 0 saturated heterocycles. The molecule has 15 heteroatoms. The molecule has 0 spiro atoms. The van der Waals surface area contributed by atoms with Crippen LogP contribution in [0.3, 0.4) is 0 Å². The lowest BCUT2D eigenvalue weighted by molar-refractivity contribution is 0.201. The van der Waals surface area contributed by atoms with Crippen LogP contribution in [-0.4, -0.2) is 76.6 Å². The Morgan fingerprint density at radius 3 is 2.30 bits per heavy atom. The zero-order valence-corrected chi connectivity index (χ0v) is 23.4. The first kappa shape index (κ1) is 28.8. The van der Waals surface area contributed by atoms with Gasteiger partial charge in [0.05, 0.1) is 37.5 Å². The highest BCUT2D eigenvalue weighted by Crippen LogP contribution is 2.33. The maximum absolute atomic E-state index is 13.6. The van der Waals surface area contributed by atoms with Crippen LogP contribution < -0.4 is 24.1 Å². The molecule has 1 N–H and O–H groups in total. The third kappa shape index (κ3) is 6.00. The molecule has 0 radical (unpaired) electrons. The normalized spacial score (nSPS) is 11.8. The summed E-state index contributed by atoms with van der Waals surface area (Å²) in [4.78, 5) is 22.6. The van der Waals surface area contributed by atoms with Crippen LogP contribution in [0.15, 0.2) is 58.2 Å². The number of aromatic nitrogens is 3. The Hall–Kier alpha value is -4.21. The molecule has 13 nitrogen and oxygen atoms in total. The predicted octanol–water partition coefficient (Wildman–Crippen LogP) is 1.31. The Balaban J connectivity index is 2.06. The van der Waals surface area contributed by atoms with Crippen molar-refractivity contribution in [1.29, 1.82) is 0 Å². The predicted molar refractivity (Wildman–Crippen MR) is 145 cm³/mol. The molecule has 0 aliphatic carbocycles. The Kier molecular flexibility index (Phi) is 8.00. The van der Waals surface area contributed by atoms with Crippen molar-refractivity contribution in [3.05, 3.63) is 58.9 Å². The van der Waals surface area contributed by atoms with Crippen molar-refractivity contribution in [2.24, 2.45) is 0 Å². The molecular weight excluding hydrogens is 566 g/mol. The SMILES string of the molecule is COc1cc(OC)c2c(=O)n(OS(C)(=O)=O)c(-c3ccc(OCCO)c(-c4cccc(S(C)(=O)=O)c4)n3)nc2c1. The number of benzene rings is 2. The molecule has 0 atom stereocenters. The minimum absolute atomic E-state index is 0.0134. The van der Waals surface area contributed by atoms with E-state index in [4.69, 9.17) is 18.5 Å². The van der Waals surface area contributed by atoms with Crippen LogP contribution in [-0.2, 0) is 20.0 Å². The first-order chi connectivity index (χ1) is 18.9. The monoisotopic (exact) mass is 591 g/mol. The van der Waals surface area contributed by atoms with E-state index in [1.807, 2.05) is 0 Å². The van der Waals surface area contributed by atoms with Gasteiger partial charge in [0.15, 0.2) is 9.84 Å². The molecule has 0 amide bonds. The summed E-state index contributed by atoms with van der Waals surface area (Å²) < 4.78 is 70.3. The molecule has 2 aromatic heterocycles. The number of hydrogen-bond acceptors (Lipinski definition) is 12. The van der Waals surface area contributed by atoms with Gasteiger partial charge in [0.2, 0.25) is 5.82 Å². The van der Waals surface area contributed by atoms with Crippen molar-refractivity contribution in [2.45, 2.75) is 4.90 Å². The van der Waals surface area contributed by atoms with Crippen molar-refractivity contribution in [3.8, 4) is 40.0 Å². The highest BCUT2D eigenvalue weighted by molar-refractivity contribution is 7.90. The number of hydrogen-bond donors (Lipinski definition) is 1. The van der Waals surface area contributed by atoms with Crippen molar-refractivity contribution in [3.63, 3.8) is 0 Å². The second kappa shape index (κ2) is 11.1. The van der Waals surface area contributed by atoms with Gasteiger partial charge >= 0.3 is 10.1 Å². The zero-order valence-electron chi connectivity index (χ0n) is 21.8. The van der Waals surface area contributed by atoms with Crippen LogP contribution in [0.25, 0.3) is 33.7 Å². The zero-order chi connectivity index (χ0) is 29.2. The molecule has 0 aliphatic rings. The van der Waals surface area contributed by atoms with Gasteiger partial charge in [-0.05, 0) is 24.3 Å². The molecule has 0 aliphatic heterocycles. The van der Waals surface area contributed by atoms with Crippen LogP contribution in [0, 0.1) is 0 Å². The van der Waals surface area contributed by atoms with Crippen molar-refractivity contribution in [2.75, 3.05) is 39.9 Å². The quantitative estimate of drug-likeness (QED) is 0.281. The number of fused-ring (bicyclic) bond motifs is 1. The maximum atomic E-state index is 13.6. The van der Waals surface area contributed by atoms with Gasteiger partial charge in [-0.2, -0.15) is 8.42 Å². The average Bonchev–Trinajstić information content (AvgIpc) is 2.91. The second-order valence-electron chi connectivity index (χ2n) is 8.45. The number of ether oxygens (including phenoxy) is 3. The molecule has 0 saturated carbocycles. The summed E-state index contributed by atoms with van der Waals surface area (Å²) >= 11 is 0. The summed E-state index contributed by atoms with van der Waals surface area (Å²) in [7, 11) is -5.06. The van der Waals surface area contributed by atoms with Crippen molar-refractivity contribution in [1.82, 2.24) is 14.7 Å². The topological polar surface area (TPSA) is 173 Å². The van der Waals surface area contributed by atoms with Gasteiger partial charge in [-0.1, -0.05) is 12.1 Å². The number of pyridine rings is 1. The fourth-order valence-corrected chi connectivity index (χ4v) is 4.88. The van der Waals surface area contributed by atoms with Gasteiger partial charge in [0.25, 0.3) is 5.56 Å². The molecule has 40 heavy (non-hydrogen) atoms. The van der Waals surface area contributed by atoms with Crippen molar-refractivity contribution >= 4 is 30.9 Å². The van der Waals surface area contributed by atoms with E-state index in [-0.39, 0.29) is 57.7 Å². The highest BCUT2D eigenvalue weighted by atomic mass is 32.2. The lowest BCUT2D eigenvalue weighted by atomic mass is 10.1. The Bertz CT molecular complexity index is 1870. The largest absolute Gasteiger partial charge is 0.497 e. The number of aliphatic hydroxyl groups is 1. The standard InChI is InChI=1S/C25H25N3O10S2/c1-35-16-13-19-22(21(14-16)36-2)25(30)28(38-40(4,33)34)24(27-19)18-8-9-20(37-11-10-29)23(26-18)15-6-5-7-17(12-15)39(3,31)32/h5-9,12-14,29H,10-11H2,1-4H3. The maximum Gasteiger partial charge on any atom is 0.324 e. The van der Waals surface area contributed by atoms with Gasteiger partial charge < -0.3 is 19.3 Å². The summed E-state index contributed by atoms with van der Waals surface area (Å²) in [5.74, 6) is 0.296. The molecule has 0 bridgehead atoms. The minimum Gasteiger partial charge on any atom is -0.497 e. The number of sulfone groups is 1. The van der Waals surface area contributed by atoms with E-state index in [1.54, 1.807) is 6.07 Å². The minimum atomic E-state index is -4.23. The number of rotatable bonds is 10. The van der Waals surface area contributed by atoms with Crippen LogP contribution in [0.5, 0.6) is 17.2 Å². The lowest BCUT2D eigenvalue weighted by Crippen LogP contribution is -2.33. The Labute approximate surface area is 229 Å². The van der Waals surface area contributed by atoms with Crippen molar-refractivity contribution < 1.29 is 40.4 Å². The fourth-order valence-electron chi connectivity index (χ4n) is 3.81. The number of nitrogens with zero attached hydrogens (tertiary/aromatic N) is 3. The summed E-state index contributed by atoms with van der Waals surface area (Å²) in [6.45, 7) is -0.391. The van der Waals surface area contributed by atoms with Gasteiger partial charge in [0, 0.05) is 24.0 Å². The smallest absolute Gasteiger partial charge is 0.324 e. The summed E-state index contributed by atoms with van der Waals surface area (Å²) in [6, 6.07) is 11.7. The van der Waals surface area contributed by atoms with Gasteiger partial charge in [0.1, 0.15) is 40.6 Å². The molecule has 2 aromatic carbocycles. The van der Waals surface area contributed by atoms with Gasteiger partial charge in [-0.15, -0.1) is 4.73 Å². The van der Waals surface area contributed by atoms with Crippen LogP contribution in [0.2, 0.25) is 0 Å². The third-order valence-electron chi connectivity index (χ3n) is 5.51. The van der Waals surface area contributed by atoms with Crippen LogP contribution >= 0.6 is 0 Å². The van der Waals surface area contributed by atoms with Crippen LogP contribution in [0.4, 0.5) is 0 Å².